The van der Waals surface area contributed by atoms with Gasteiger partial charge in [0.1, 0.15) is 18.4 Å². The van der Waals surface area contributed by atoms with Crippen LogP contribution in [0.1, 0.15) is 25.7 Å². The zero-order valence-electron chi connectivity index (χ0n) is 33.4. The van der Waals surface area contributed by atoms with E-state index in [4.69, 9.17) is 33.2 Å². The number of carbonyl (C=O) groups excluding carboxylic acids is 2. The van der Waals surface area contributed by atoms with E-state index < -0.39 is 6.09 Å². The van der Waals surface area contributed by atoms with Crippen molar-refractivity contribution in [2.45, 2.75) is 37.8 Å². The van der Waals surface area contributed by atoms with Gasteiger partial charge in [-0.2, -0.15) is 0 Å². The van der Waals surface area contributed by atoms with Gasteiger partial charge in [-0.25, -0.2) is 24.1 Å². The molecule has 2 aliphatic heterocycles. The Kier molecular flexibility index (Phi) is 15.9. The van der Waals surface area contributed by atoms with Crippen molar-refractivity contribution in [2.24, 2.45) is 0 Å². The van der Waals surface area contributed by atoms with Gasteiger partial charge in [0, 0.05) is 69.1 Å². The van der Waals surface area contributed by atoms with Gasteiger partial charge >= 0.3 is 12.1 Å². The van der Waals surface area contributed by atoms with E-state index in [1.54, 1.807) is 88.5 Å². The standard InChI is InChI=1S/C18H23N3O4.C18H16N2O4.C6H13NO/c1-20(14-6-8-25-9-7-14)18(22)21-11-15(19-12-21)13-4-5-16(23-2)17(10-13)24-3;1-22-16-9-8-13(10-17(16)23-2)15-11-20(12-19-15)18(21)24-14-6-4-3-5-7-14;1-7-6-2-4-8-5-3-6/h4-5,10-12,14H,6-9H2,1-3H3;3-12H,1-2H3;6-7H,2-5H2,1H3. The van der Waals surface area contributed by atoms with Gasteiger partial charge in [0.25, 0.3) is 0 Å². The molecule has 15 nitrogen and oxygen atoms in total. The molecule has 2 saturated heterocycles. The number of hydrogen-bond acceptors (Lipinski definition) is 12. The average Bonchev–Trinajstić information content (AvgIpc) is 3.99. The lowest BCUT2D eigenvalue weighted by Crippen LogP contribution is -2.42. The molecule has 0 bridgehead atoms. The quantitative estimate of drug-likeness (QED) is 0.171. The van der Waals surface area contributed by atoms with Gasteiger partial charge in [-0.05, 0) is 81.3 Å². The zero-order valence-corrected chi connectivity index (χ0v) is 33.4. The molecule has 4 heterocycles. The van der Waals surface area contributed by atoms with Crippen molar-refractivity contribution < 1.29 is 42.7 Å². The topological polar surface area (TPSA) is 150 Å². The third-order valence-corrected chi connectivity index (χ3v) is 9.57. The van der Waals surface area contributed by atoms with Crippen LogP contribution in [0.15, 0.2) is 91.8 Å². The minimum Gasteiger partial charge on any atom is -0.493 e. The third-order valence-electron chi connectivity index (χ3n) is 9.57. The number of amides is 1. The van der Waals surface area contributed by atoms with Gasteiger partial charge in [0.15, 0.2) is 23.0 Å². The number of aromatic nitrogens is 4. The molecule has 2 fully saturated rings. The maximum absolute atomic E-state index is 12.7. The Labute approximate surface area is 333 Å². The summed E-state index contributed by atoms with van der Waals surface area (Å²) in [5.41, 5.74) is 2.99. The number of ether oxygens (including phenoxy) is 7. The van der Waals surface area contributed by atoms with Crippen LogP contribution < -0.4 is 29.0 Å². The summed E-state index contributed by atoms with van der Waals surface area (Å²) < 4.78 is 39.7. The van der Waals surface area contributed by atoms with Crippen LogP contribution in [0, 0.1) is 0 Å². The Morgan fingerprint density at radius 3 is 1.67 bits per heavy atom. The number of benzene rings is 3. The normalized spacial score (nSPS) is 14.2. The Hall–Kier alpha value is -5.90. The van der Waals surface area contributed by atoms with Crippen molar-refractivity contribution in [3.05, 3.63) is 91.8 Å². The second-order valence-corrected chi connectivity index (χ2v) is 13.1. The second kappa shape index (κ2) is 21.4. The molecular weight excluding hydrogens is 732 g/mol. The Morgan fingerprint density at radius 2 is 1.18 bits per heavy atom. The maximum Gasteiger partial charge on any atom is 0.424 e. The molecular formula is C42H52N6O9. The highest BCUT2D eigenvalue weighted by Gasteiger charge is 2.24. The molecule has 57 heavy (non-hydrogen) atoms. The van der Waals surface area contributed by atoms with E-state index >= 15 is 0 Å². The lowest BCUT2D eigenvalue weighted by atomic mass is 10.1. The highest BCUT2D eigenvalue weighted by atomic mass is 16.6. The molecule has 1 N–H and O–H groups in total. The van der Waals surface area contributed by atoms with E-state index in [1.165, 1.54) is 28.3 Å². The Bertz CT molecular complexity index is 2010. The fourth-order valence-corrected chi connectivity index (χ4v) is 6.18. The summed E-state index contributed by atoms with van der Waals surface area (Å²) in [6, 6.07) is 20.7. The molecule has 1 amide bonds. The number of rotatable bonds is 9. The van der Waals surface area contributed by atoms with E-state index in [1.807, 2.05) is 44.4 Å². The predicted octanol–water partition coefficient (Wildman–Crippen LogP) is 6.65. The lowest BCUT2D eigenvalue weighted by Gasteiger charge is -2.30. The van der Waals surface area contributed by atoms with E-state index in [-0.39, 0.29) is 12.1 Å². The monoisotopic (exact) mass is 784 g/mol. The van der Waals surface area contributed by atoms with Crippen molar-refractivity contribution >= 4 is 12.1 Å². The van der Waals surface area contributed by atoms with Crippen LogP contribution in [-0.4, -0.2) is 117 Å². The van der Waals surface area contributed by atoms with E-state index in [9.17, 15) is 9.59 Å². The average molecular weight is 785 g/mol. The number of hydrogen-bond donors (Lipinski definition) is 1. The van der Waals surface area contributed by atoms with Crippen LogP contribution in [0.3, 0.4) is 0 Å². The van der Waals surface area contributed by atoms with E-state index in [0.29, 0.717) is 59.4 Å². The first-order valence-electron chi connectivity index (χ1n) is 18.7. The van der Waals surface area contributed by atoms with Crippen LogP contribution >= 0.6 is 0 Å². The molecule has 0 atom stereocenters. The molecule has 7 rings (SSSR count). The molecule has 15 heteroatoms. The van der Waals surface area contributed by atoms with Crippen molar-refractivity contribution in [3.63, 3.8) is 0 Å². The number of para-hydroxylation sites is 1. The first-order chi connectivity index (χ1) is 27.8. The van der Waals surface area contributed by atoms with Gasteiger partial charge in [0.05, 0.1) is 39.8 Å². The number of nitrogens with zero attached hydrogens (tertiary/aromatic N) is 5. The van der Waals surface area contributed by atoms with Crippen molar-refractivity contribution in [1.29, 1.82) is 0 Å². The largest absolute Gasteiger partial charge is 0.493 e. The van der Waals surface area contributed by atoms with Crippen molar-refractivity contribution in [2.75, 3.05) is 69.0 Å². The predicted molar refractivity (Wildman–Crippen MR) is 215 cm³/mol. The molecule has 2 aromatic heterocycles. The number of carbonyl (C=O) groups is 2. The lowest BCUT2D eigenvalue weighted by molar-refractivity contribution is 0.0528. The molecule has 0 saturated carbocycles. The Balaban J connectivity index is 0.000000182. The van der Waals surface area contributed by atoms with Gasteiger partial charge in [0.2, 0.25) is 0 Å². The summed E-state index contributed by atoms with van der Waals surface area (Å²) in [5.74, 6) is 2.98. The first-order valence-corrected chi connectivity index (χ1v) is 18.7. The molecule has 0 spiro atoms. The number of imidazole rings is 2. The van der Waals surface area contributed by atoms with Gasteiger partial charge in [-0.15, -0.1) is 0 Å². The summed E-state index contributed by atoms with van der Waals surface area (Å²) >= 11 is 0. The molecule has 0 unspecified atom stereocenters. The second-order valence-electron chi connectivity index (χ2n) is 13.1. The SMILES string of the molecule is CNC1CCOCC1.COc1ccc(-c2cn(C(=O)N(C)C3CCOCC3)cn2)cc1OC.COc1ccc(-c2cn(C(=O)Oc3ccccc3)cn2)cc1OC. The minimum atomic E-state index is -0.527. The van der Waals surface area contributed by atoms with Crippen LogP contribution in [0.25, 0.3) is 22.5 Å². The highest BCUT2D eigenvalue weighted by molar-refractivity contribution is 5.78. The third kappa shape index (κ3) is 11.6. The fourth-order valence-electron chi connectivity index (χ4n) is 6.18. The van der Waals surface area contributed by atoms with Crippen molar-refractivity contribution in [3.8, 4) is 51.3 Å². The highest BCUT2D eigenvalue weighted by Crippen LogP contribution is 2.33. The maximum atomic E-state index is 12.7. The van der Waals surface area contributed by atoms with Gasteiger partial charge in [-0.1, -0.05) is 18.2 Å². The number of nitrogens with one attached hydrogen (secondary N) is 1. The number of methoxy groups -OCH3 is 4. The minimum absolute atomic E-state index is 0.0915. The van der Waals surface area contributed by atoms with Crippen LogP contribution in [-0.2, 0) is 9.47 Å². The fraction of sp³-hybridized carbons (Fsp3) is 0.381. The zero-order chi connectivity index (χ0) is 40.6. The van der Waals surface area contributed by atoms with Crippen LogP contribution in [0.4, 0.5) is 9.59 Å². The summed E-state index contributed by atoms with van der Waals surface area (Å²) in [7, 11) is 10.2. The molecule has 3 aromatic carbocycles. The molecule has 0 aliphatic carbocycles. The summed E-state index contributed by atoms with van der Waals surface area (Å²) in [6.45, 7) is 3.27. The molecule has 5 aromatic rings. The van der Waals surface area contributed by atoms with Crippen LogP contribution in [0.2, 0.25) is 0 Å². The summed E-state index contributed by atoms with van der Waals surface area (Å²) in [6.07, 6.45) is 9.85. The van der Waals surface area contributed by atoms with Crippen LogP contribution in [0.5, 0.6) is 28.7 Å². The van der Waals surface area contributed by atoms with Gasteiger partial charge < -0.3 is 43.4 Å². The molecule has 304 valence electrons. The summed E-state index contributed by atoms with van der Waals surface area (Å²) in [5, 5.41) is 3.22. The molecule has 0 radical (unpaired) electrons. The Morgan fingerprint density at radius 1 is 0.684 bits per heavy atom. The van der Waals surface area contributed by atoms with E-state index in [0.717, 1.165) is 37.2 Å². The first kappa shape index (κ1) is 42.2. The smallest absolute Gasteiger partial charge is 0.424 e. The van der Waals surface area contributed by atoms with E-state index in [2.05, 4.69) is 15.3 Å². The van der Waals surface area contributed by atoms with Gasteiger partial charge in [-0.3, -0.25) is 4.57 Å². The van der Waals surface area contributed by atoms with Crippen molar-refractivity contribution in [1.82, 2.24) is 29.3 Å². The molecule has 2 aliphatic rings. The summed E-state index contributed by atoms with van der Waals surface area (Å²) in [4.78, 5) is 35.2.